The molecule has 1 aromatic heterocycles. The highest BCUT2D eigenvalue weighted by Crippen LogP contribution is 2.17. The van der Waals surface area contributed by atoms with Crippen LogP contribution in [0.2, 0.25) is 5.02 Å². The van der Waals surface area contributed by atoms with Crippen molar-refractivity contribution < 1.29 is 4.39 Å². The fraction of sp³-hybridized carbons (Fsp3) is 0.474. The van der Waals surface area contributed by atoms with Crippen molar-refractivity contribution >= 4 is 17.6 Å². The van der Waals surface area contributed by atoms with Gasteiger partial charge in [0.05, 0.1) is 5.69 Å². The van der Waals surface area contributed by atoms with E-state index in [-0.39, 0.29) is 5.82 Å². The first kappa shape index (κ1) is 20.2. The number of hydrogen-bond acceptors (Lipinski definition) is 2. The van der Waals surface area contributed by atoms with Crippen LogP contribution in [0.3, 0.4) is 0 Å². The number of aromatic nitrogens is 2. The van der Waals surface area contributed by atoms with E-state index in [4.69, 9.17) is 11.6 Å². The minimum Gasteiger partial charge on any atom is -0.357 e. The molecule has 0 aliphatic rings. The third-order valence-electron chi connectivity index (χ3n) is 3.95. The summed E-state index contributed by atoms with van der Waals surface area (Å²) in [7, 11) is 0. The first-order valence-electron chi connectivity index (χ1n) is 8.96. The molecule has 0 saturated carbocycles. The summed E-state index contributed by atoms with van der Waals surface area (Å²) in [6.07, 6.45) is 1.62. The topological polar surface area (TPSA) is 54.2 Å². The maximum absolute atomic E-state index is 13.1. The Bertz CT molecular complexity index is 742. The van der Waals surface area contributed by atoms with Crippen molar-refractivity contribution in [3.63, 3.8) is 0 Å². The smallest absolute Gasteiger partial charge is 0.191 e. The Hall–Kier alpha value is -2.08. The molecule has 0 fully saturated rings. The Morgan fingerprint density at radius 1 is 1.27 bits per heavy atom. The largest absolute Gasteiger partial charge is 0.357 e. The first-order valence-corrected chi connectivity index (χ1v) is 9.34. The summed E-state index contributed by atoms with van der Waals surface area (Å²) in [4.78, 5) is 4.59. The van der Waals surface area contributed by atoms with Gasteiger partial charge in [0, 0.05) is 36.9 Å². The summed E-state index contributed by atoms with van der Waals surface area (Å²) in [5.74, 6) is 0.461. The van der Waals surface area contributed by atoms with E-state index in [0.717, 1.165) is 36.7 Å². The van der Waals surface area contributed by atoms with E-state index in [2.05, 4.69) is 33.7 Å². The molecule has 0 amide bonds. The van der Waals surface area contributed by atoms with Crippen molar-refractivity contribution in [3.8, 4) is 0 Å². The molecule has 0 saturated heterocycles. The zero-order chi connectivity index (χ0) is 18.9. The normalized spacial score (nSPS) is 11.7. The zero-order valence-electron chi connectivity index (χ0n) is 15.6. The SMILES string of the molecule is CCNC(=NCCCn1nc(C)cc1C)NCCc1ccc(F)cc1Cl. The second-order valence-corrected chi connectivity index (χ2v) is 6.58. The van der Waals surface area contributed by atoms with Gasteiger partial charge in [0.2, 0.25) is 0 Å². The van der Waals surface area contributed by atoms with Crippen LogP contribution in [-0.2, 0) is 13.0 Å². The van der Waals surface area contributed by atoms with E-state index in [9.17, 15) is 4.39 Å². The van der Waals surface area contributed by atoms with Crippen LogP contribution in [0.15, 0.2) is 29.3 Å². The molecule has 1 heterocycles. The molecule has 1 aromatic carbocycles. The minimum atomic E-state index is -0.316. The van der Waals surface area contributed by atoms with Gasteiger partial charge >= 0.3 is 0 Å². The standard InChI is InChI=1S/C19H27ClFN5/c1-4-22-19(23-9-5-11-26-15(3)12-14(2)25-26)24-10-8-16-6-7-17(21)13-18(16)20/h6-7,12-13H,4-5,8-11H2,1-3H3,(H2,22,23,24). The number of nitrogens with zero attached hydrogens (tertiary/aromatic N) is 3. The van der Waals surface area contributed by atoms with E-state index in [1.165, 1.54) is 17.8 Å². The molecular formula is C19H27ClFN5. The van der Waals surface area contributed by atoms with Crippen LogP contribution >= 0.6 is 11.6 Å². The van der Waals surface area contributed by atoms with Gasteiger partial charge in [-0.25, -0.2) is 4.39 Å². The van der Waals surface area contributed by atoms with Crippen LogP contribution < -0.4 is 10.6 Å². The molecule has 0 unspecified atom stereocenters. The van der Waals surface area contributed by atoms with Crippen molar-refractivity contribution in [3.05, 3.63) is 52.1 Å². The van der Waals surface area contributed by atoms with E-state index >= 15 is 0 Å². The van der Waals surface area contributed by atoms with Crippen LogP contribution in [-0.4, -0.2) is 35.4 Å². The molecule has 26 heavy (non-hydrogen) atoms. The Morgan fingerprint density at radius 3 is 2.73 bits per heavy atom. The molecule has 0 atom stereocenters. The Kier molecular flexibility index (Phi) is 7.91. The highest BCUT2D eigenvalue weighted by Gasteiger charge is 2.04. The van der Waals surface area contributed by atoms with Gasteiger partial charge in [-0.1, -0.05) is 17.7 Å². The van der Waals surface area contributed by atoms with Crippen molar-refractivity contribution in [2.24, 2.45) is 4.99 Å². The lowest BCUT2D eigenvalue weighted by atomic mass is 10.1. The molecule has 5 nitrogen and oxygen atoms in total. The highest BCUT2D eigenvalue weighted by atomic mass is 35.5. The molecule has 0 spiro atoms. The summed E-state index contributed by atoms with van der Waals surface area (Å²) >= 11 is 6.06. The number of halogens is 2. The zero-order valence-corrected chi connectivity index (χ0v) is 16.4. The lowest BCUT2D eigenvalue weighted by Gasteiger charge is -2.12. The first-order chi connectivity index (χ1) is 12.5. The van der Waals surface area contributed by atoms with Gasteiger partial charge in [-0.3, -0.25) is 9.67 Å². The summed E-state index contributed by atoms with van der Waals surface area (Å²) in [5, 5.41) is 11.4. The fourth-order valence-electron chi connectivity index (χ4n) is 2.69. The average Bonchev–Trinajstić information content (AvgIpc) is 2.91. The monoisotopic (exact) mass is 379 g/mol. The predicted octanol–water partition coefficient (Wildman–Crippen LogP) is 3.48. The quantitative estimate of drug-likeness (QED) is 0.419. The number of benzene rings is 1. The van der Waals surface area contributed by atoms with E-state index in [1.807, 2.05) is 18.5 Å². The number of hydrogen-bond donors (Lipinski definition) is 2. The van der Waals surface area contributed by atoms with Gasteiger partial charge in [0.15, 0.2) is 5.96 Å². The van der Waals surface area contributed by atoms with Gasteiger partial charge < -0.3 is 10.6 Å². The Morgan fingerprint density at radius 2 is 2.08 bits per heavy atom. The van der Waals surface area contributed by atoms with Gasteiger partial charge in [0.25, 0.3) is 0 Å². The van der Waals surface area contributed by atoms with E-state index in [1.54, 1.807) is 6.07 Å². The van der Waals surface area contributed by atoms with Crippen molar-refractivity contribution in [1.82, 2.24) is 20.4 Å². The minimum absolute atomic E-state index is 0.316. The number of guanidine groups is 1. The Balaban J connectivity index is 1.79. The number of rotatable bonds is 8. The van der Waals surface area contributed by atoms with Crippen LogP contribution in [0.5, 0.6) is 0 Å². The summed E-state index contributed by atoms with van der Waals surface area (Å²) in [6, 6.07) is 6.57. The maximum Gasteiger partial charge on any atom is 0.191 e. The molecule has 7 heteroatoms. The van der Waals surface area contributed by atoms with Crippen LogP contribution in [0.25, 0.3) is 0 Å². The summed E-state index contributed by atoms with van der Waals surface area (Å²) in [6.45, 7) is 9.13. The molecule has 0 radical (unpaired) electrons. The van der Waals surface area contributed by atoms with E-state index < -0.39 is 0 Å². The van der Waals surface area contributed by atoms with Gasteiger partial charge in [-0.05, 0) is 57.4 Å². The average molecular weight is 380 g/mol. The second-order valence-electron chi connectivity index (χ2n) is 6.18. The fourth-order valence-corrected chi connectivity index (χ4v) is 2.96. The lowest BCUT2D eigenvalue weighted by Crippen LogP contribution is -2.38. The predicted molar refractivity (Wildman–Crippen MR) is 105 cm³/mol. The molecule has 142 valence electrons. The second kappa shape index (κ2) is 10.2. The van der Waals surface area contributed by atoms with Crippen molar-refractivity contribution in [1.29, 1.82) is 0 Å². The lowest BCUT2D eigenvalue weighted by molar-refractivity contribution is 0.567. The van der Waals surface area contributed by atoms with Crippen LogP contribution in [0, 0.1) is 19.7 Å². The van der Waals surface area contributed by atoms with Gasteiger partial charge in [-0.15, -0.1) is 0 Å². The van der Waals surface area contributed by atoms with Crippen LogP contribution in [0.4, 0.5) is 4.39 Å². The summed E-state index contributed by atoms with van der Waals surface area (Å²) in [5.41, 5.74) is 3.13. The highest BCUT2D eigenvalue weighted by molar-refractivity contribution is 6.31. The number of nitrogens with one attached hydrogen (secondary N) is 2. The third-order valence-corrected chi connectivity index (χ3v) is 4.30. The van der Waals surface area contributed by atoms with Gasteiger partial charge in [0.1, 0.15) is 5.82 Å². The molecule has 2 N–H and O–H groups in total. The van der Waals surface area contributed by atoms with E-state index in [0.29, 0.717) is 24.5 Å². The maximum atomic E-state index is 13.1. The number of aliphatic imine (C=N–C) groups is 1. The molecule has 0 aliphatic heterocycles. The van der Waals surface area contributed by atoms with Gasteiger partial charge in [-0.2, -0.15) is 5.10 Å². The molecular weight excluding hydrogens is 353 g/mol. The van der Waals surface area contributed by atoms with Crippen molar-refractivity contribution in [2.75, 3.05) is 19.6 Å². The molecule has 0 aliphatic carbocycles. The molecule has 2 aromatic rings. The van der Waals surface area contributed by atoms with Crippen LogP contribution in [0.1, 0.15) is 30.3 Å². The third kappa shape index (κ3) is 6.33. The van der Waals surface area contributed by atoms with Crippen molar-refractivity contribution in [2.45, 2.75) is 40.2 Å². The Labute approximate surface area is 159 Å². The summed E-state index contributed by atoms with van der Waals surface area (Å²) < 4.78 is 15.1. The molecule has 0 bridgehead atoms. The molecule has 2 rings (SSSR count). The number of aryl methyl sites for hydroxylation is 3.